The molecule has 2 N–H and O–H groups in total. The van der Waals surface area contributed by atoms with Gasteiger partial charge in [-0.05, 0) is 66.5 Å². The van der Waals surface area contributed by atoms with Gasteiger partial charge >= 0.3 is 6.09 Å². The summed E-state index contributed by atoms with van der Waals surface area (Å²) in [5.41, 5.74) is -0.368. The number of aromatic nitrogens is 2. The third-order valence-corrected chi connectivity index (χ3v) is 4.75. The standard InChI is InChI=1S/C23H32N6O2/c1-22(2,3)28-20-18-11-19(25-13-15(18)10-17(12-24)27-20)26-16-8-7-9-29(14-16)21(30)31-23(4,5)6/h10-11,13,16H,7-9,14H2,1-6H3,(H,25,26)(H,27,28). The minimum atomic E-state index is -0.511. The fourth-order valence-corrected chi connectivity index (χ4v) is 3.53. The maximum absolute atomic E-state index is 12.4. The van der Waals surface area contributed by atoms with E-state index in [0.717, 1.165) is 23.6 Å². The molecule has 8 nitrogen and oxygen atoms in total. The number of anilines is 2. The Hall–Kier alpha value is -3.08. The van der Waals surface area contributed by atoms with Gasteiger partial charge in [-0.1, -0.05) is 0 Å². The lowest BCUT2D eigenvalue weighted by atomic mass is 10.1. The maximum Gasteiger partial charge on any atom is 0.410 e. The van der Waals surface area contributed by atoms with Gasteiger partial charge in [0.25, 0.3) is 0 Å². The van der Waals surface area contributed by atoms with Crippen LogP contribution in [0.4, 0.5) is 16.4 Å². The van der Waals surface area contributed by atoms with Crippen molar-refractivity contribution >= 4 is 28.5 Å². The number of piperidine rings is 1. The molecule has 0 aliphatic carbocycles. The largest absolute Gasteiger partial charge is 0.444 e. The van der Waals surface area contributed by atoms with E-state index >= 15 is 0 Å². The molecule has 0 spiro atoms. The van der Waals surface area contributed by atoms with E-state index in [-0.39, 0.29) is 17.7 Å². The van der Waals surface area contributed by atoms with Gasteiger partial charge in [0.05, 0.1) is 0 Å². The van der Waals surface area contributed by atoms with Crippen molar-refractivity contribution in [3.63, 3.8) is 0 Å². The van der Waals surface area contributed by atoms with E-state index in [4.69, 9.17) is 4.74 Å². The molecule has 1 saturated heterocycles. The summed E-state index contributed by atoms with van der Waals surface area (Å²) in [6.45, 7) is 13.0. The molecule has 0 bridgehead atoms. The summed E-state index contributed by atoms with van der Waals surface area (Å²) in [5, 5.41) is 17.9. The van der Waals surface area contributed by atoms with Gasteiger partial charge in [0.2, 0.25) is 0 Å². The van der Waals surface area contributed by atoms with E-state index in [0.29, 0.717) is 30.4 Å². The highest BCUT2D eigenvalue weighted by Gasteiger charge is 2.28. The van der Waals surface area contributed by atoms with Gasteiger partial charge in [0.15, 0.2) is 0 Å². The van der Waals surface area contributed by atoms with Crippen LogP contribution in [0.5, 0.6) is 0 Å². The lowest BCUT2D eigenvalue weighted by Crippen LogP contribution is -2.47. The van der Waals surface area contributed by atoms with Crippen molar-refractivity contribution in [1.29, 1.82) is 5.26 Å². The molecule has 3 rings (SSSR count). The molecule has 1 amide bonds. The fraction of sp³-hybridized carbons (Fsp3) is 0.565. The Morgan fingerprint density at radius 3 is 2.65 bits per heavy atom. The molecular weight excluding hydrogens is 392 g/mol. The van der Waals surface area contributed by atoms with Crippen molar-refractivity contribution in [2.45, 2.75) is 71.6 Å². The molecule has 1 aliphatic rings. The zero-order chi connectivity index (χ0) is 22.8. The molecule has 166 valence electrons. The number of carbonyl (C=O) groups excluding carboxylic acids is 1. The van der Waals surface area contributed by atoms with Crippen LogP contribution >= 0.6 is 0 Å². The van der Waals surface area contributed by atoms with Gasteiger partial charge in [-0.2, -0.15) is 5.26 Å². The van der Waals surface area contributed by atoms with Gasteiger partial charge in [-0.25, -0.2) is 14.8 Å². The molecule has 0 aromatic carbocycles. The highest BCUT2D eigenvalue weighted by atomic mass is 16.6. The number of hydrogen-bond donors (Lipinski definition) is 2. The van der Waals surface area contributed by atoms with E-state index in [1.807, 2.05) is 47.6 Å². The number of rotatable bonds is 3. The molecule has 2 aromatic heterocycles. The van der Waals surface area contributed by atoms with Gasteiger partial charge in [0, 0.05) is 41.6 Å². The average molecular weight is 425 g/mol. The Morgan fingerprint density at radius 1 is 1.26 bits per heavy atom. The number of carbonyl (C=O) groups is 1. The third-order valence-electron chi connectivity index (χ3n) is 4.75. The Bertz CT molecular complexity index is 1000. The zero-order valence-corrected chi connectivity index (χ0v) is 19.2. The van der Waals surface area contributed by atoms with Crippen LogP contribution in [0.3, 0.4) is 0 Å². The first-order valence-corrected chi connectivity index (χ1v) is 10.7. The van der Waals surface area contributed by atoms with Crippen molar-refractivity contribution in [2.24, 2.45) is 0 Å². The van der Waals surface area contributed by atoms with Crippen LogP contribution in [0, 0.1) is 11.3 Å². The first-order valence-electron chi connectivity index (χ1n) is 10.7. The number of hydrogen-bond acceptors (Lipinski definition) is 7. The fourth-order valence-electron chi connectivity index (χ4n) is 3.53. The molecule has 0 radical (unpaired) electrons. The number of likely N-dealkylation sites (tertiary alicyclic amines) is 1. The molecule has 2 aromatic rings. The number of nitriles is 1. The summed E-state index contributed by atoms with van der Waals surface area (Å²) in [6.07, 6.45) is 3.31. The van der Waals surface area contributed by atoms with Crippen LogP contribution in [0.15, 0.2) is 18.3 Å². The molecule has 3 heterocycles. The first kappa shape index (κ1) is 22.6. The molecule has 1 aliphatic heterocycles. The predicted octanol–water partition coefficient (Wildman–Crippen LogP) is 4.52. The van der Waals surface area contributed by atoms with Crippen molar-refractivity contribution in [3.05, 3.63) is 24.0 Å². The quantitative estimate of drug-likeness (QED) is 0.746. The second-order valence-electron chi connectivity index (χ2n) is 10.0. The highest BCUT2D eigenvalue weighted by Crippen LogP contribution is 2.27. The minimum absolute atomic E-state index is 0.0802. The van der Waals surface area contributed by atoms with E-state index < -0.39 is 5.60 Å². The van der Waals surface area contributed by atoms with Crippen LogP contribution in [-0.4, -0.2) is 51.2 Å². The number of nitrogens with zero attached hydrogens (tertiary/aromatic N) is 4. The summed E-state index contributed by atoms with van der Waals surface area (Å²) in [4.78, 5) is 23.2. The number of pyridine rings is 2. The number of nitrogens with one attached hydrogen (secondary N) is 2. The normalized spacial score (nSPS) is 17.2. The van der Waals surface area contributed by atoms with Crippen LogP contribution in [0.25, 0.3) is 10.8 Å². The smallest absolute Gasteiger partial charge is 0.410 e. The third kappa shape index (κ3) is 6.20. The highest BCUT2D eigenvalue weighted by molar-refractivity contribution is 5.94. The molecule has 0 saturated carbocycles. The van der Waals surface area contributed by atoms with Gasteiger partial charge in [-0.15, -0.1) is 0 Å². The van der Waals surface area contributed by atoms with E-state index in [1.54, 1.807) is 17.2 Å². The lowest BCUT2D eigenvalue weighted by molar-refractivity contribution is 0.0206. The van der Waals surface area contributed by atoms with E-state index in [9.17, 15) is 10.1 Å². The molecule has 31 heavy (non-hydrogen) atoms. The lowest BCUT2D eigenvalue weighted by Gasteiger charge is -2.34. The monoisotopic (exact) mass is 424 g/mol. The Balaban J connectivity index is 1.81. The minimum Gasteiger partial charge on any atom is -0.444 e. The van der Waals surface area contributed by atoms with Crippen LogP contribution < -0.4 is 10.6 Å². The van der Waals surface area contributed by atoms with Crippen LogP contribution in [-0.2, 0) is 4.74 Å². The van der Waals surface area contributed by atoms with Crippen molar-refractivity contribution in [2.75, 3.05) is 23.7 Å². The summed E-state index contributed by atoms with van der Waals surface area (Å²) in [5.74, 6) is 1.37. The Kier molecular flexibility index (Phi) is 6.25. The van der Waals surface area contributed by atoms with E-state index in [1.165, 1.54) is 0 Å². The van der Waals surface area contributed by atoms with E-state index in [2.05, 4.69) is 26.7 Å². The van der Waals surface area contributed by atoms with Crippen molar-refractivity contribution < 1.29 is 9.53 Å². The molecule has 1 unspecified atom stereocenters. The number of amides is 1. The van der Waals surface area contributed by atoms with Crippen LogP contribution in [0.2, 0.25) is 0 Å². The van der Waals surface area contributed by atoms with Gasteiger partial charge < -0.3 is 20.3 Å². The topological polar surface area (TPSA) is 103 Å². The summed E-state index contributed by atoms with van der Waals surface area (Å²) >= 11 is 0. The summed E-state index contributed by atoms with van der Waals surface area (Å²) < 4.78 is 5.52. The summed E-state index contributed by atoms with van der Waals surface area (Å²) in [6, 6.07) is 5.88. The second-order valence-corrected chi connectivity index (χ2v) is 10.0. The SMILES string of the molecule is CC(C)(C)Nc1nc(C#N)cc2cnc(NC3CCCN(C(=O)OC(C)(C)C)C3)cc12. The second kappa shape index (κ2) is 8.58. The molecule has 1 fully saturated rings. The Labute approximate surface area is 184 Å². The molecule has 8 heteroatoms. The molecular formula is C23H32N6O2. The predicted molar refractivity (Wildman–Crippen MR) is 122 cm³/mol. The number of fused-ring (bicyclic) bond motifs is 1. The number of ether oxygens (including phenoxy) is 1. The molecule has 1 atom stereocenters. The van der Waals surface area contributed by atoms with Crippen molar-refractivity contribution in [1.82, 2.24) is 14.9 Å². The van der Waals surface area contributed by atoms with Gasteiger partial charge in [0.1, 0.15) is 29.0 Å². The first-order chi connectivity index (χ1) is 14.4. The maximum atomic E-state index is 12.4. The Morgan fingerprint density at radius 2 is 2.00 bits per heavy atom. The van der Waals surface area contributed by atoms with Crippen LogP contribution in [0.1, 0.15) is 60.1 Å². The zero-order valence-electron chi connectivity index (χ0n) is 19.2. The summed E-state index contributed by atoms with van der Waals surface area (Å²) in [7, 11) is 0. The average Bonchev–Trinajstić information content (AvgIpc) is 2.66. The van der Waals surface area contributed by atoms with Gasteiger partial charge in [-0.3, -0.25) is 0 Å². The van der Waals surface area contributed by atoms with Crippen molar-refractivity contribution in [3.8, 4) is 6.07 Å².